The fourth-order valence-electron chi connectivity index (χ4n) is 2.80. The molecule has 0 saturated heterocycles. The molecule has 0 spiro atoms. The van der Waals surface area contributed by atoms with Gasteiger partial charge < -0.3 is 14.6 Å². The molecule has 0 aliphatic heterocycles. The Morgan fingerprint density at radius 2 is 1.90 bits per heavy atom. The van der Waals surface area contributed by atoms with Gasteiger partial charge in [0.05, 0.1) is 15.7 Å². The van der Waals surface area contributed by atoms with Gasteiger partial charge >= 0.3 is 0 Å². The molecule has 0 aliphatic rings. The lowest BCUT2D eigenvalue weighted by Gasteiger charge is -2.11. The summed E-state index contributed by atoms with van der Waals surface area (Å²) in [5.41, 5.74) is 1.66. The summed E-state index contributed by atoms with van der Waals surface area (Å²) in [7, 11) is 0. The summed E-state index contributed by atoms with van der Waals surface area (Å²) >= 11 is 9.46. The van der Waals surface area contributed by atoms with Crippen molar-refractivity contribution in [3.05, 3.63) is 87.7 Å². The molecule has 0 unspecified atom stereocenters. The van der Waals surface area contributed by atoms with Gasteiger partial charge in [0.25, 0.3) is 0 Å². The van der Waals surface area contributed by atoms with E-state index in [2.05, 4.69) is 26.1 Å². The average molecular weight is 490 g/mol. The Balaban J connectivity index is 1.53. The Kier molecular flexibility index (Phi) is 5.92. The molecule has 8 heteroatoms. The zero-order valence-corrected chi connectivity index (χ0v) is 17.7. The maximum absolute atomic E-state index is 13.2. The van der Waals surface area contributed by atoms with Crippen molar-refractivity contribution in [1.82, 2.24) is 10.2 Å². The van der Waals surface area contributed by atoms with E-state index >= 15 is 0 Å². The van der Waals surface area contributed by atoms with Gasteiger partial charge in [-0.1, -0.05) is 29.8 Å². The van der Waals surface area contributed by atoms with Crippen LogP contribution in [0.2, 0.25) is 5.02 Å². The van der Waals surface area contributed by atoms with Crippen LogP contribution in [0, 0.1) is 5.82 Å². The van der Waals surface area contributed by atoms with E-state index in [1.165, 1.54) is 24.4 Å². The third-order valence-electron chi connectivity index (χ3n) is 4.31. The van der Waals surface area contributed by atoms with Crippen molar-refractivity contribution in [3.63, 3.8) is 0 Å². The van der Waals surface area contributed by atoms with Gasteiger partial charge in [-0.05, 0) is 52.3 Å². The van der Waals surface area contributed by atoms with Gasteiger partial charge in [0, 0.05) is 17.2 Å². The van der Waals surface area contributed by atoms with E-state index in [0.29, 0.717) is 34.1 Å². The molecule has 2 N–H and O–H groups in total. The van der Waals surface area contributed by atoms with E-state index in [-0.39, 0.29) is 17.4 Å². The number of hydrogen-bond acceptors (Lipinski definition) is 4. The SMILES string of the molecule is Oc1cc(OCc2ccc(F)cc2Cl)ccc1-c1[nH]ncc1Oc1ccccc1Br. The average Bonchev–Trinajstić information content (AvgIpc) is 3.17. The second-order valence-corrected chi connectivity index (χ2v) is 7.61. The maximum atomic E-state index is 13.2. The lowest BCUT2D eigenvalue weighted by atomic mass is 10.1. The molecule has 1 heterocycles. The van der Waals surface area contributed by atoms with Crippen molar-refractivity contribution >= 4 is 27.5 Å². The predicted molar refractivity (Wildman–Crippen MR) is 116 cm³/mol. The third-order valence-corrected chi connectivity index (χ3v) is 5.32. The molecule has 0 fully saturated rings. The minimum absolute atomic E-state index is 0.0149. The molecule has 0 radical (unpaired) electrons. The van der Waals surface area contributed by atoms with E-state index < -0.39 is 5.82 Å². The second kappa shape index (κ2) is 8.77. The van der Waals surface area contributed by atoms with Crippen molar-refractivity contribution < 1.29 is 19.0 Å². The van der Waals surface area contributed by atoms with Gasteiger partial charge in [-0.2, -0.15) is 5.10 Å². The smallest absolute Gasteiger partial charge is 0.173 e. The highest BCUT2D eigenvalue weighted by Crippen LogP contribution is 2.39. The number of para-hydroxylation sites is 1. The molecule has 4 rings (SSSR count). The Hall–Kier alpha value is -3.03. The number of rotatable bonds is 6. The number of aromatic hydroxyl groups is 1. The fraction of sp³-hybridized carbons (Fsp3) is 0.0455. The lowest BCUT2D eigenvalue weighted by molar-refractivity contribution is 0.304. The first-order valence-electron chi connectivity index (χ1n) is 8.87. The molecule has 0 amide bonds. The Labute approximate surface area is 185 Å². The summed E-state index contributed by atoms with van der Waals surface area (Å²) in [5.74, 6) is 1.09. The summed E-state index contributed by atoms with van der Waals surface area (Å²) in [5, 5.41) is 17.7. The third kappa shape index (κ3) is 4.42. The summed E-state index contributed by atoms with van der Waals surface area (Å²) in [4.78, 5) is 0. The highest BCUT2D eigenvalue weighted by Gasteiger charge is 2.15. The summed E-state index contributed by atoms with van der Waals surface area (Å²) in [6.07, 6.45) is 1.54. The Morgan fingerprint density at radius 3 is 2.67 bits per heavy atom. The van der Waals surface area contributed by atoms with Crippen LogP contribution in [-0.2, 0) is 6.61 Å². The molecule has 152 valence electrons. The Bertz CT molecular complexity index is 1200. The van der Waals surface area contributed by atoms with E-state index in [1.807, 2.05) is 24.3 Å². The topological polar surface area (TPSA) is 67.4 Å². The van der Waals surface area contributed by atoms with Crippen molar-refractivity contribution in [2.24, 2.45) is 0 Å². The molecule has 5 nitrogen and oxygen atoms in total. The highest BCUT2D eigenvalue weighted by molar-refractivity contribution is 9.10. The van der Waals surface area contributed by atoms with Gasteiger partial charge in [-0.15, -0.1) is 0 Å². The Morgan fingerprint density at radius 1 is 1.07 bits per heavy atom. The van der Waals surface area contributed by atoms with Crippen LogP contribution >= 0.6 is 27.5 Å². The van der Waals surface area contributed by atoms with E-state index in [1.54, 1.807) is 18.2 Å². The summed E-state index contributed by atoms with van der Waals surface area (Å²) < 4.78 is 25.5. The monoisotopic (exact) mass is 488 g/mol. The number of ether oxygens (including phenoxy) is 2. The molecule has 1 aromatic heterocycles. The quantitative estimate of drug-likeness (QED) is 0.316. The molecule has 4 aromatic rings. The highest BCUT2D eigenvalue weighted by atomic mass is 79.9. The first-order valence-corrected chi connectivity index (χ1v) is 10.0. The van der Waals surface area contributed by atoms with E-state index in [9.17, 15) is 9.50 Å². The number of nitrogens with one attached hydrogen (secondary N) is 1. The zero-order valence-electron chi connectivity index (χ0n) is 15.4. The van der Waals surface area contributed by atoms with Gasteiger partial charge in [-0.25, -0.2) is 4.39 Å². The van der Waals surface area contributed by atoms with Crippen LogP contribution in [0.1, 0.15) is 5.56 Å². The zero-order chi connectivity index (χ0) is 21.1. The molecule has 0 aliphatic carbocycles. The summed E-state index contributed by atoms with van der Waals surface area (Å²) in [6.45, 7) is 0.137. The molecule has 0 saturated carbocycles. The van der Waals surface area contributed by atoms with Crippen LogP contribution in [0.4, 0.5) is 4.39 Å². The van der Waals surface area contributed by atoms with Crippen LogP contribution in [0.15, 0.2) is 71.3 Å². The van der Waals surface area contributed by atoms with Crippen LogP contribution in [-0.4, -0.2) is 15.3 Å². The van der Waals surface area contributed by atoms with Crippen molar-refractivity contribution in [2.45, 2.75) is 6.61 Å². The maximum Gasteiger partial charge on any atom is 0.173 e. The molecule has 30 heavy (non-hydrogen) atoms. The van der Waals surface area contributed by atoms with Crippen LogP contribution in [0.5, 0.6) is 23.0 Å². The molecule has 3 aromatic carbocycles. The van der Waals surface area contributed by atoms with E-state index in [4.69, 9.17) is 21.1 Å². The van der Waals surface area contributed by atoms with Gasteiger partial charge in [0.2, 0.25) is 0 Å². The minimum atomic E-state index is -0.411. The predicted octanol–water partition coefficient (Wildman–Crippen LogP) is 6.71. The molecular formula is C22H15BrClFN2O3. The number of aromatic nitrogens is 2. The molecular weight excluding hydrogens is 475 g/mol. The molecule has 0 atom stereocenters. The lowest BCUT2D eigenvalue weighted by Crippen LogP contribution is -1.97. The number of benzene rings is 3. The molecule has 0 bridgehead atoms. The number of H-pyrrole nitrogens is 1. The van der Waals surface area contributed by atoms with Crippen molar-refractivity contribution in [2.75, 3.05) is 0 Å². The normalized spacial score (nSPS) is 10.8. The number of phenolic OH excluding ortho intramolecular Hbond substituents is 1. The number of aromatic amines is 1. The number of halogens is 3. The van der Waals surface area contributed by atoms with E-state index in [0.717, 1.165) is 4.47 Å². The van der Waals surface area contributed by atoms with Crippen molar-refractivity contribution in [1.29, 1.82) is 0 Å². The fourth-order valence-corrected chi connectivity index (χ4v) is 3.39. The van der Waals surface area contributed by atoms with Gasteiger partial charge in [0.1, 0.15) is 35.4 Å². The number of nitrogens with zero attached hydrogens (tertiary/aromatic N) is 1. The first-order chi connectivity index (χ1) is 14.5. The van der Waals surface area contributed by atoms with Crippen LogP contribution in [0.25, 0.3) is 11.3 Å². The van der Waals surface area contributed by atoms with Gasteiger partial charge in [0.15, 0.2) is 5.75 Å². The number of phenols is 1. The van der Waals surface area contributed by atoms with Crippen LogP contribution in [0.3, 0.4) is 0 Å². The number of hydrogen-bond donors (Lipinski definition) is 2. The standard InChI is InChI=1S/C22H15BrClFN2O3/c23-17-3-1-2-4-20(17)30-21-11-26-27-22(21)16-8-7-15(10-19(16)28)29-12-13-5-6-14(25)9-18(13)24/h1-11,28H,12H2,(H,26,27). The minimum Gasteiger partial charge on any atom is -0.507 e. The summed E-state index contributed by atoms with van der Waals surface area (Å²) in [6, 6.07) is 16.4. The van der Waals surface area contributed by atoms with Crippen LogP contribution < -0.4 is 9.47 Å². The first kappa shape index (κ1) is 20.3. The second-order valence-electron chi connectivity index (χ2n) is 6.35. The van der Waals surface area contributed by atoms with Gasteiger partial charge in [-0.3, -0.25) is 5.10 Å². The van der Waals surface area contributed by atoms with Crippen molar-refractivity contribution in [3.8, 4) is 34.3 Å². The largest absolute Gasteiger partial charge is 0.507 e.